The Morgan fingerprint density at radius 2 is 1.63 bits per heavy atom. The van der Waals surface area contributed by atoms with Crippen LogP contribution in [0.1, 0.15) is 20.7 Å². The van der Waals surface area contributed by atoms with Gasteiger partial charge in [-0.15, -0.1) is 0 Å². The summed E-state index contributed by atoms with van der Waals surface area (Å²) in [7, 11) is -2.41. The van der Waals surface area contributed by atoms with Crippen molar-refractivity contribution in [2.45, 2.75) is 4.90 Å². The van der Waals surface area contributed by atoms with Gasteiger partial charge in [-0.05, 0) is 18.2 Å². The van der Waals surface area contributed by atoms with Gasteiger partial charge in [0.2, 0.25) is 0 Å². The molecule has 0 spiro atoms. The summed E-state index contributed by atoms with van der Waals surface area (Å²) >= 11 is 0. The van der Waals surface area contributed by atoms with E-state index in [1.165, 1.54) is 0 Å². The minimum atomic E-state index is -4.59. The molecule has 1 radical (unpaired) electrons. The molecule has 1 rings (SSSR count). The third-order valence-electron chi connectivity index (χ3n) is 2.08. The fourth-order valence-electron chi connectivity index (χ4n) is 1.27. The Kier molecular flexibility index (Phi) is 6.67. The van der Waals surface area contributed by atoms with Gasteiger partial charge < -0.3 is 9.47 Å². The molecule has 0 aromatic heterocycles. The van der Waals surface area contributed by atoms with Crippen molar-refractivity contribution in [3.8, 4) is 0 Å². The largest absolute Gasteiger partial charge is 0.465 e. The molecule has 0 unspecified atom stereocenters. The van der Waals surface area contributed by atoms with Gasteiger partial charge in [0.05, 0.1) is 25.3 Å². The number of benzene rings is 1. The predicted octanol–water partition coefficient (Wildman–Crippen LogP) is 0.126. The van der Waals surface area contributed by atoms with Crippen molar-refractivity contribution in [3.63, 3.8) is 0 Å². The first-order valence-electron chi connectivity index (χ1n) is 4.59. The van der Waals surface area contributed by atoms with E-state index in [1.54, 1.807) is 0 Å². The second-order valence-corrected chi connectivity index (χ2v) is 4.56. The number of ether oxygens (including phenoxy) is 2. The molecule has 0 amide bonds. The topological polar surface area (TPSA) is 107 Å². The Bertz CT molecular complexity index is 594. The average Bonchev–Trinajstić information content (AvgIpc) is 2.35. The summed E-state index contributed by atoms with van der Waals surface area (Å²) < 4.78 is 39.9. The summed E-state index contributed by atoms with van der Waals surface area (Å²) in [5, 5.41) is 0. The number of hydrogen-bond acceptors (Lipinski definition) is 6. The molecule has 1 N–H and O–H groups in total. The van der Waals surface area contributed by atoms with Gasteiger partial charge in [-0.3, -0.25) is 4.55 Å². The van der Waals surface area contributed by atoms with E-state index in [2.05, 4.69) is 9.47 Å². The van der Waals surface area contributed by atoms with Crippen molar-refractivity contribution >= 4 is 51.6 Å². The van der Waals surface area contributed by atoms with Crippen LogP contribution in [-0.2, 0) is 19.6 Å². The average molecular weight is 297 g/mol. The van der Waals surface area contributed by atoms with Crippen LogP contribution in [0.15, 0.2) is 23.1 Å². The molecule has 99 valence electrons. The Labute approximate surface area is 131 Å². The summed E-state index contributed by atoms with van der Waals surface area (Å²) in [4.78, 5) is 22.0. The first-order chi connectivity index (χ1) is 8.31. The van der Waals surface area contributed by atoms with Crippen LogP contribution >= 0.6 is 0 Å². The van der Waals surface area contributed by atoms with Gasteiger partial charge in [0.15, 0.2) is 0 Å². The Balaban J connectivity index is 0.00000324. The Morgan fingerprint density at radius 3 is 2.05 bits per heavy atom. The molecule has 0 heterocycles. The second-order valence-electron chi connectivity index (χ2n) is 3.17. The molecule has 1 aromatic rings. The molecule has 0 atom stereocenters. The minimum absolute atomic E-state index is 0. The van der Waals surface area contributed by atoms with Gasteiger partial charge in [0.1, 0.15) is 4.90 Å². The molecule has 7 nitrogen and oxygen atoms in total. The Hall–Kier alpha value is -0.930. The number of carbonyl (C=O) groups excluding carboxylic acids is 2. The number of methoxy groups -OCH3 is 2. The van der Waals surface area contributed by atoms with Crippen LogP contribution in [0.2, 0.25) is 0 Å². The molecule has 0 fully saturated rings. The van der Waals surface area contributed by atoms with Gasteiger partial charge in [-0.25, -0.2) is 9.59 Å². The van der Waals surface area contributed by atoms with E-state index >= 15 is 0 Å². The van der Waals surface area contributed by atoms with E-state index in [4.69, 9.17) is 4.55 Å². The standard InChI is InChI=1S/C10H10O7S.Na/c1-16-9(11)6-3-4-8(18(13,14)15)7(5-6)10(12)17-2;/h3-5H,1-2H3,(H,13,14,15);. The zero-order chi connectivity index (χ0) is 13.9. The van der Waals surface area contributed by atoms with Gasteiger partial charge in [0, 0.05) is 29.6 Å². The van der Waals surface area contributed by atoms with E-state index < -0.39 is 32.5 Å². The first kappa shape index (κ1) is 18.1. The summed E-state index contributed by atoms with van der Waals surface area (Å²) in [6.07, 6.45) is 0. The molecular weight excluding hydrogens is 287 g/mol. The fourth-order valence-corrected chi connectivity index (χ4v) is 1.93. The maximum Gasteiger partial charge on any atom is 0.339 e. The normalized spacial score (nSPS) is 10.3. The van der Waals surface area contributed by atoms with Crippen molar-refractivity contribution < 1.29 is 32.0 Å². The van der Waals surface area contributed by atoms with Crippen LogP contribution in [0.25, 0.3) is 0 Å². The number of rotatable bonds is 3. The summed E-state index contributed by atoms with van der Waals surface area (Å²) in [5.74, 6) is -1.74. The molecule has 0 aliphatic rings. The molecule has 0 bridgehead atoms. The van der Waals surface area contributed by atoms with Gasteiger partial charge >= 0.3 is 11.9 Å². The summed E-state index contributed by atoms with van der Waals surface area (Å²) in [6.45, 7) is 0. The summed E-state index contributed by atoms with van der Waals surface area (Å²) in [5.41, 5.74) is -0.479. The van der Waals surface area contributed by atoms with Crippen molar-refractivity contribution in [2.24, 2.45) is 0 Å². The maximum atomic E-state index is 11.4. The number of hydrogen-bond donors (Lipinski definition) is 1. The molecule has 0 aliphatic carbocycles. The van der Waals surface area contributed by atoms with E-state index in [-0.39, 0.29) is 35.1 Å². The summed E-state index contributed by atoms with van der Waals surface area (Å²) in [6, 6.07) is 3.01. The third-order valence-corrected chi connectivity index (χ3v) is 3.00. The smallest absolute Gasteiger partial charge is 0.339 e. The second kappa shape index (κ2) is 7.01. The molecular formula is C10H10NaO7S. The van der Waals surface area contributed by atoms with Crippen molar-refractivity contribution in [3.05, 3.63) is 29.3 Å². The molecule has 1 aromatic carbocycles. The van der Waals surface area contributed by atoms with Crippen LogP contribution in [-0.4, -0.2) is 68.7 Å². The number of carbonyl (C=O) groups is 2. The zero-order valence-corrected chi connectivity index (χ0v) is 13.4. The van der Waals surface area contributed by atoms with Crippen LogP contribution in [0.5, 0.6) is 0 Å². The molecule has 0 aliphatic heterocycles. The van der Waals surface area contributed by atoms with E-state index in [0.717, 1.165) is 32.4 Å². The molecule has 0 saturated heterocycles. The van der Waals surface area contributed by atoms with E-state index in [9.17, 15) is 18.0 Å². The molecule has 19 heavy (non-hydrogen) atoms. The van der Waals surface area contributed by atoms with Crippen LogP contribution in [0.4, 0.5) is 0 Å². The van der Waals surface area contributed by atoms with Crippen molar-refractivity contribution in [1.82, 2.24) is 0 Å². The van der Waals surface area contributed by atoms with Gasteiger partial charge in [-0.2, -0.15) is 8.42 Å². The minimum Gasteiger partial charge on any atom is -0.465 e. The quantitative estimate of drug-likeness (QED) is 0.480. The maximum absolute atomic E-state index is 11.4. The zero-order valence-electron chi connectivity index (χ0n) is 10.5. The monoisotopic (exact) mass is 297 g/mol. The van der Waals surface area contributed by atoms with E-state index in [1.807, 2.05) is 0 Å². The number of esters is 2. The van der Waals surface area contributed by atoms with Crippen LogP contribution in [0, 0.1) is 0 Å². The predicted molar refractivity (Wildman–Crippen MR) is 64.7 cm³/mol. The first-order valence-corrected chi connectivity index (χ1v) is 6.03. The van der Waals surface area contributed by atoms with Crippen molar-refractivity contribution in [2.75, 3.05) is 14.2 Å². The Morgan fingerprint density at radius 1 is 1.11 bits per heavy atom. The molecule has 0 saturated carbocycles. The third kappa shape index (κ3) is 4.29. The SMILES string of the molecule is COC(=O)c1ccc(S(=O)(=O)O)c(C(=O)OC)c1.[Na]. The van der Waals surface area contributed by atoms with E-state index in [0.29, 0.717) is 0 Å². The fraction of sp³-hybridized carbons (Fsp3) is 0.200. The van der Waals surface area contributed by atoms with Crippen LogP contribution < -0.4 is 0 Å². The van der Waals surface area contributed by atoms with Gasteiger partial charge in [0.25, 0.3) is 10.1 Å². The van der Waals surface area contributed by atoms with Crippen molar-refractivity contribution in [1.29, 1.82) is 0 Å². The van der Waals surface area contributed by atoms with Crippen LogP contribution in [0.3, 0.4) is 0 Å². The van der Waals surface area contributed by atoms with Gasteiger partial charge in [-0.1, -0.05) is 0 Å². The molecule has 9 heteroatoms.